The van der Waals surface area contributed by atoms with Crippen LogP contribution in [0.5, 0.6) is 5.75 Å². The normalized spacial score (nSPS) is 11.6. The van der Waals surface area contributed by atoms with Crippen LogP contribution in [0.1, 0.15) is 27.5 Å². The van der Waals surface area contributed by atoms with Crippen molar-refractivity contribution in [1.29, 1.82) is 0 Å². The first kappa shape index (κ1) is 24.1. The van der Waals surface area contributed by atoms with Gasteiger partial charge in [-0.1, -0.05) is 6.07 Å². The molecule has 4 aromatic rings. The lowest BCUT2D eigenvalue weighted by Gasteiger charge is -2.11. The van der Waals surface area contributed by atoms with Gasteiger partial charge in [0, 0.05) is 17.5 Å². The summed E-state index contributed by atoms with van der Waals surface area (Å²) < 4.78 is 76.8. The number of carbonyl (C=O) groups is 1. The average molecular weight is 492 g/mol. The van der Waals surface area contributed by atoms with Gasteiger partial charge in [-0.3, -0.25) is 4.79 Å². The quantitative estimate of drug-likeness (QED) is 0.382. The SMILES string of the molecule is COc1ccc(-c2nc(C(=O)NCc3ccc(F)c(F)c3)c(CN)o2)c2ccc(C(F)(F)F)nc12. The molecule has 182 valence electrons. The van der Waals surface area contributed by atoms with E-state index in [2.05, 4.69) is 15.3 Å². The van der Waals surface area contributed by atoms with Gasteiger partial charge < -0.3 is 20.2 Å². The standard InChI is InChI=1S/C23H17F5N4O3/c1-34-16-6-3-13(12-4-7-18(23(26,27)28)31-19(12)16)22-32-20(17(9-29)35-22)21(33)30-10-11-2-5-14(24)15(25)8-11/h2-8H,9-10,29H2,1H3,(H,30,33). The number of hydrogen-bond acceptors (Lipinski definition) is 6. The van der Waals surface area contributed by atoms with Crippen LogP contribution in [-0.2, 0) is 19.3 Å². The highest BCUT2D eigenvalue weighted by molar-refractivity contribution is 5.98. The number of benzene rings is 2. The van der Waals surface area contributed by atoms with E-state index in [1.165, 1.54) is 31.4 Å². The molecule has 0 bridgehead atoms. The minimum atomic E-state index is -4.66. The van der Waals surface area contributed by atoms with Crippen molar-refractivity contribution >= 4 is 16.8 Å². The van der Waals surface area contributed by atoms with Crippen molar-refractivity contribution in [2.75, 3.05) is 7.11 Å². The highest BCUT2D eigenvalue weighted by Gasteiger charge is 2.33. The number of pyridine rings is 1. The van der Waals surface area contributed by atoms with Gasteiger partial charge in [0.15, 0.2) is 23.1 Å². The minimum Gasteiger partial charge on any atom is -0.494 e. The van der Waals surface area contributed by atoms with Gasteiger partial charge in [0.2, 0.25) is 5.89 Å². The molecule has 12 heteroatoms. The smallest absolute Gasteiger partial charge is 0.433 e. The van der Waals surface area contributed by atoms with Crippen LogP contribution in [0.2, 0.25) is 0 Å². The fourth-order valence-electron chi connectivity index (χ4n) is 3.40. The van der Waals surface area contributed by atoms with Crippen LogP contribution in [0.3, 0.4) is 0 Å². The zero-order chi connectivity index (χ0) is 25.3. The third-order valence-corrected chi connectivity index (χ3v) is 5.10. The number of methoxy groups -OCH3 is 1. The Morgan fingerprint density at radius 2 is 1.86 bits per heavy atom. The summed E-state index contributed by atoms with van der Waals surface area (Å²) in [6.07, 6.45) is -4.66. The highest BCUT2D eigenvalue weighted by Crippen LogP contribution is 2.36. The molecule has 0 unspecified atom stereocenters. The van der Waals surface area contributed by atoms with Crippen LogP contribution in [0, 0.1) is 11.6 Å². The zero-order valence-electron chi connectivity index (χ0n) is 18.0. The number of ether oxygens (including phenoxy) is 1. The molecule has 2 aromatic carbocycles. The number of nitrogens with one attached hydrogen (secondary N) is 1. The predicted molar refractivity (Wildman–Crippen MR) is 114 cm³/mol. The molecule has 4 rings (SSSR count). The molecule has 2 aromatic heterocycles. The van der Waals surface area contributed by atoms with Crippen LogP contribution >= 0.6 is 0 Å². The molecule has 2 heterocycles. The van der Waals surface area contributed by atoms with Crippen LogP contribution < -0.4 is 15.8 Å². The molecule has 0 aliphatic rings. The van der Waals surface area contributed by atoms with Crippen molar-refractivity contribution < 1.29 is 35.9 Å². The Balaban J connectivity index is 1.69. The fourth-order valence-corrected chi connectivity index (χ4v) is 3.40. The van der Waals surface area contributed by atoms with Crippen LogP contribution in [0.4, 0.5) is 22.0 Å². The largest absolute Gasteiger partial charge is 0.494 e. The van der Waals surface area contributed by atoms with E-state index in [0.717, 1.165) is 18.2 Å². The third kappa shape index (κ3) is 4.78. The number of amides is 1. The third-order valence-electron chi connectivity index (χ3n) is 5.10. The van der Waals surface area contributed by atoms with Crippen molar-refractivity contribution in [2.45, 2.75) is 19.3 Å². The number of alkyl halides is 3. The van der Waals surface area contributed by atoms with Gasteiger partial charge >= 0.3 is 6.18 Å². The van der Waals surface area contributed by atoms with Gasteiger partial charge in [0.05, 0.1) is 13.7 Å². The molecule has 1 amide bonds. The van der Waals surface area contributed by atoms with E-state index in [9.17, 15) is 26.7 Å². The first-order valence-corrected chi connectivity index (χ1v) is 10.1. The van der Waals surface area contributed by atoms with Gasteiger partial charge in [-0.2, -0.15) is 13.2 Å². The second-order valence-electron chi connectivity index (χ2n) is 7.33. The number of hydrogen-bond donors (Lipinski definition) is 2. The Kier molecular flexibility index (Phi) is 6.39. The first-order valence-electron chi connectivity index (χ1n) is 10.1. The van der Waals surface area contributed by atoms with E-state index in [4.69, 9.17) is 14.9 Å². The van der Waals surface area contributed by atoms with Crippen LogP contribution in [0.15, 0.2) is 46.9 Å². The number of rotatable bonds is 6. The number of aromatic nitrogens is 2. The number of fused-ring (bicyclic) bond motifs is 1. The topological polar surface area (TPSA) is 103 Å². The van der Waals surface area contributed by atoms with Crippen molar-refractivity contribution in [1.82, 2.24) is 15.3 Å². The molecule has 35 heavy (non-hydrogen) atoms. The van der Waals surface area contributed by atoms with E-state index in [0.29, 0.717) is 5.56 Å². The van der Waals surface area contributed by atoms with Gasteiger partial charge in [0.25, 0.3) is 5.91 Å². The predicted octanol–water partition coefficient (Wildman–Crippen LogP) is 4.58. The lowest BCUT2D eigenvalue weighted by Crippen LogP contribution is -2.24. The lowest BCUT2D eigenvalue weighted by atomic mass is 10.1. The second-order valence-corrected chi connectivity index (χ2v) is 7.33. The number of oxazole rings is 1. The van der Waals surface area contributed by atoms with Crippen molar-refractivity contribution in [3.63, 3.8) is 0 Å². The van der Waals surface area contributed by atoms with Crippen molar-refractivity contribution in [3.8, 4) is 17.2 Å². The second kappa shape index (κ2) is 9.29. The summed E-state index contributed by atoms with van der Waals surface area (Å²) in [5.41, 5.74) is 4.92. The van der Waals surface area contributed by atoms with Gasteiger partial charge in [-0.15, -0.1) is 0 Å². The van der Waals surface area contributed by atoms with E-state index in [1.54, 1.807) is 0 Å². The number of nitrogens with zero attached hydrogens (tertiary/aromatic N) is 2. The Morgan fingerprint density at radius 1 is 1.09 bits per heavy atom. The monoisotopic (exact) mass is 492 g/mol. The zero-order valence-corrected chi connectivity index (χ0v) is 18.0. The maximum absolute atomic E-state index is 13.4. The van der Waals surface area contributed by atoms with E-state index in [1.807, 2.05) is 0 Å². The molecule has 0 atom stereocenters. The Morgan fingerprint density at radius 3 is 2.51 bits per heavy atom. The van der Waals surface area contributed by atoms with Crippen molar-refractivity contribution in [2.24, 2.45) is 5.73 Å². The summed E-state index contributed by atoms with van der Waals surface area (Å²) in [4.78, 5) is 20.6. The minimum absolute atomic E-state index is 0.0200. The van der Waals surface area contributed by atoms with E-state index >= 15 is 0 Å². The van der Waals surface area contributed by atoms with E-state index < -0.39 is 29.4 Å². The fraction of sp³-hybridized carbons (Fsp3) is 0.174. The molecule has 3 N–H and O–H groups in total. The van der Waals surface area contributed by atoms with Crippen LogP contribution in [-0.4, -0.2) is 23.0 Å². The summed E-state index contributed by atoms with van der Waals surface area (Å²) >= 11 is 0. The number of carbonyl (C=O) groups excluding carboxylic acids is 1. The highest BCUT2D eigenvalue weighted by atomic mass is 19.4. The maximum Gasteiger partial charge on any atom is 0.433 e. The summed E-state index contributed by atoms with van der Waals surface area (Å²) in [7, 11) is 1.30. The average Bonchev–Trinajstić information content (AvgIpc) is 3.27. The summed E-state index contributed by atoms with van der Waals surface area (Å²) in [5.74, 6) is -2.72. The number of halogens is 5. The summed E-state index contributed by atoms with van der Waals surface area (Å²) in [5, 5.41) is 2.76. The molecular formula is C23H17F5N4O3. The molecule has 0 aliphatic carbocycles. The van der Waals surface area contributed by atoms with E-state index in [-0.39, 0.29) is 52.7 Å². The maximum atomic E-state index is 13.4. The number of nitrogens with two attached hydrogens (primary N) is 1. The Labute approximate surface area is 194 Å². The molecule has 7 nitrogen and oxygen atoms in total. The molecule has 0 fully saturated rings. The molecule has 0 saturated heterocycles. The summed E-state index contributed by atoms with van der Waals surface area (Å²) in [6, 6.07) is 8.11. The van der Waals surface area contributed by atoms with Crippen molar-refractivity contribution in [3.05, 3.63) is 76.8 Å². The van der Waals surface area contributed by atoms with Gasteiger partial charge in [-0.25, -0.2) is 18.7 Å². The molecular weight excluding hydrogens is 475 g/mol. The first-order chi connectivity index (χ1) is 16.6. The molecule has 0 aliphatic heterocycles. The van der Waals surface area contributed by atoms with Gasteiger partial charge in [0.1, 0.15) is 17.0 Å². The molecule has 0 radical (unpaired) electrons. The lowest BCUT2D eigenvalue weighted by molar-refractivity contribution is -0.140. The summed E-state index contributed by atoms with van der Waals surface area (Å²) in [6.45, 7) is -0.330. The Hall–Kier alpha value is -4.06. The Bertz CT molecular complexity index is 1420. The molecule has 0 saturated carbocycles. The van der Waals surface area contributed by atoms with Gasteiger partial charge in [-0.05, 0) is 42.0 Å². The van der Waals surface area contributed by atoms with Crippen LogP contribution in [0.25, 0.3) is 22.4 Å². The molecule has 0 spiro atoms.